The smallest absolute Gasteiger partial charge is 0.404 e. The number of hydrogen-bond acceptors (Lipinski definition) is 6. The van der Waals surface area contributed by atoms with Crippen LogP contribution in [0.4, 0.5) is 18.9 Å². The number of alkyl halides is 3. The number of carbonyl (C=O) groups excluding carboxylic acids is 1. The zero-order chi connectivity index (χ0) is 30.1. The lowest BCUT2D eigenvalue weighted by atomic mass is 10.1. The van der Waals surface area contributed by atoms with E-state index in [1.54, 1.807) is 30.3 Å². The van der Waals surface area contributed by atoms with E-state index in [0.717, 1.165) is 17.7 Å². The summed E-state index contributed by atoms with van der Waals surface area (Å²) in [5, 5.41) is 1.44. The van der Waals surface area contributed by atoms with Crippen LogP contribution in [-0.4, -0.2) is 61.7 Å². The summed E-state index contributed by atoms with van der Waals surface area (Å²) < 4.78 is 72.7. The summed E-state index contributed by atoms with van der Waals surface area (Å²) in [5.74, 6) is -1.38. The van der Waals surface area contributed by atoms with Crippen molar-refractivity contribution >= 4 is 55.7 Å². The third kappa shape index (κ3) is 6.73. The van der Waals surface area contributed by atoms with Crippen LogP contribution in [0.1, 0.15) is 15.9 Å². The van der Waals surface area contributed by atoms with Gasteiger partial charge in [0.05, 0.1) is 21.2 Å². The predicted molar refractivity (Wildman–Crippen MR) is 153 cm³/mol. The van der Waals surface area contributed by atoms with Gasteiger partial charge in [0.25, 0.3) is 15.9 Å². The maximum absolute atomic E-state index is 13.3. The first-order valence-corrected chi connectivity index (χ1v) is 14.9. The molecule has 3 aromatic carbocycles. The quantitative estimate of drug-likeness (QED) is 0.259. The molecule has 0 saturated carbocycles. The van der Waals surface area contributed by atoms with E-state index in [-0.39, 0.29) is 16.0 Å². The van der Waals surface area contributed by atoms with Crippen LogP contribution in [0.2, 0.25) is 10.0 Å². The van der Waals surface area contributed by atoms with Gasteiger partial charge in [-0.25, -0.2) is 8.42 Å². The van der Waals surface area contributed by atoms with Gasteiger partial charge >= 0.3 is 6.36 Å². The minimum absolute atomic E-state index is 0.0876. The average molecular weight is 639 g/mol. The van der Waals surface area contributed by atoms with Gasteiger partial charge < -0.3 is 9.64 Å². The number of nitrogens with zero attached hydrogens (tertiary/aromatic N) is 3. The predicted octanol–water partition coefficient (Wildman–Crippen LogP) is 6.20. The summed E-state index contributed by atoms with van der Waals surface area (Å²) in [6.07, 6.45) is -3.73. The highest BCUT2D eigenvalue weighted by Crippen LogP contribution is 2.34. The molecule has 220 valence electrons. The lowest BCUT2D eigenvalue weighted by molar-refractivity contribution is -0.274. The van der Waals surface area contributed by atoms with Gasteiger partial charge in [0.2, 0.25) is 0 Å². The van der Waals surface area contributed by atoms with E-state index < -0.39 is 33.7 Å². The zero-order valence-corrected chi connectivity index (χ0v) is 24.1. The number of nitrogens with one attached hydrogen (secondary N) is 1. The van der Waals surface area contributed by atoms with Crippen molar-refractivity contribution in [2.24, 2.45) is 0 Å². The Bertz CT molecular complexity index is 1740. The monoisotopic (exact) mass is 638 g/mol. The highest BCUT2D eigenvalue weighted by Gasteiger charge is 2.34. The van der Waals surface area contributed by atoms with Crippen LogP contribution in [0.25, 0.3) is 10.9 Å². The van der Waals surface area contributed by atoms with Crippen molar-refractivity contribution in [1.29, 1.82) is 0 Å². The first kappa shape index (κ1) is 29.9. The van der Waals surface area contributed by atoms with Crippen LogP contribution in [0.5, 0.6) is 5.75 Å². The molecule has 4 aromatic rings. The molecule has 1 fully saturated rings. The number of hydrogen-bond donors (Lipinski definition) is 1. The standard InChI is InChI=1S/C28H23Cl2F3N4O4S/c29-21-7-1-5-20(25(21)30)17-36-12-14-37(15-13-36)27(38)19-9-10-22(23(16-19)41-28(31,32)33)35-42(39,40)24-8-2-4-18-6-3-11-34-26(18)24/h1-11,16,35H,12-15,17H2. The van der Waals surface area contributed by atoms with E-state index >= 15 is 0 Å². The number of piperazine rings is 1. The van der Waals surface area contributed by atoms with Crippen molar-refractivity contribution in [3.05, 3.63) is 94.1 Å². The number of fused-ring (bicyclic) bond motifs is 1. The average Bonchev–Trinajstić information content (AvgIpc) is 2.95. The maximum atomic E-state index is 13.3. The van der Waals surface area contributed by atoms with Crippen molar-refractivity contribution in [3.63, 3.8) is 0 Å². The van der Waals surface area contributed by atoms with E-state index in [4.69, 9.17) is 23.2 Å². The number of para-hydroxylation sites is 1. The van der Waals surface area contributed by atoms with Crippen LogP contribution >= 0.6 is 23.2 Å². The number of aromatic nitrogens is 1. The number of ether oxygens (including phenoxy) is 1. The van der Waals surface area contributed by atoms with Crippen molar-refractivity contribution in [2.45, 2.75) is 17.8 Å². The summed E-state index contributed by atoms with van der Waals surface area (Å²) in [7, 11) is -4.39. The second-order valence-corrected chi connectivity index (χ2v) is 11.9. The van der Waals surface area contributed by atoms with Gasteiger partial charge in [-0.3, -0.25) is 19.4 Å². The molecular formula is C28H23Cl2F3N4O4S. The van der Waals surface area contributed by atoms with Crippen molar-refractivity contribution in [1.82, 2.24) is 14.8 Å². The Labute approximate surface area is 249 Å². The molecule has 1 N–H and O–H groups in total. The molecule has 1 amide bonds. The lowest BCUT2D eigenvalue weighted by Crippen LogP contribution is -2.48. The molecule has 8 nitrogen and oxygen atoms in total. The molecule has 42 heavy (non-hydrogen) atoms. The number of carbonyl (C=O) groups is 1. The normalized spacial score (nSPS) is 14.6. The first-order chi connectivity index (χ1) is 19.9. The van der Waals surface area contributed by atoms with Crippen molar-refractivity contribution in [2.75, 3.05) is 30.9 Å². The van der Waals surface area contributed by atoms with E-state index in [1.165, 1.54) is 29.3 Å². The molecule has 1 aliphatic heterocycles. The molecule has 2 heterocycles. The molecule has 0 unspecified atom stereocenters. The molecule has 0 atom stereocenters. The largest absolute Gasteiger partial charge is 0.573 e. The Kier molecular flexibility index (Phi) is 8.51. The Hall–Kier alpha value is -3.58. The highest BCUT2D eigenvalue weighted by molar-refractivity contribution is 7.93. The third-order valence-electron chi connectivity index (χ3n) is 6.67. The van der Waals surface area contributed by atoms with Crippen LogP contribution in [0, 0.1) is 0 Å². The number of rotatable bonds is 7. The van der Waals surface area contributed by atoms with Crippen molar-refractivity contribution < 1.29 is 31.1 Å². The van der Waals surface area contributed by atoms with Crippen LogP contribution in [0.3, 0.4) is 0 Å². The fourth-order valence-corrected chi connectivity index (χ4v) is 6.28. The molecule has 0 bridgehead atoms. The number of amides is 1. The van der Waals surface area contributed by atoms with Gasteiger partial charge in [0.1, 0.15) is 4.90 Å². The van der Waals surface area contributed by atoms with Crippen LogP contribution in [0.15, 0.2) is 77.8 Å². The molecule has 0 radical (unpaired) electrons. The summed E-state index contributed by atoms with van der Waals surface area (Å²) in [6, 6.07) is 16.3. The molecule has 0 aliphatic carbocycles. The Morgan fingerprint density at radius 3 is 2.43 bits per heavy atom. The topological polar surface area (TPSA) is 91.8 Å². The molecule has 14 heteroatoms. The van der Waals surface area contributed by atoms with Crippen LogP contribution in [-0.2, 0) is 16.6 Å². The fourth-order valence-electron chi connectivity index (χ4n) is 4.64. The second-order valence-electron chi connectivity index (χ2n) is 9.48. The van der Waals surface area contributed by atoms with Gasteiger partial charge in [-0.1, -0.05) is 53.5 Å². The molecule has 1 aromatic heterocycles. The minimum atomic E-state index is -5.14. The SMILES string of the molecule is O=C(c1ccc(NS(=O)(=O)c2cccc3cccnc23)c(OC(F)(F)F)c1)N1CCN(Cc2cccc(Cl)c2Cl)CC1. The molecule has 1 aliphatic rings. The number of sulfonamides is 1. The highest BCUT2D eigenvalue weighted by atomic mass is 35.5. The maximum Gasteiger partial charge on any atom is 0.573 e. The Morgan fingerprint density at radius 1 is 0.976 bits per heavy atom. The Morgan fingerprint density at radius 2 is 1.69 bits per heavy atom. The molecule has 1 saturated heterocycles. The zero-order valence-electron chi connectivity index (χ0n) is 21.7. The van der Waals surface area contributed by atoms with E-state index in [1.807, 2.05) is 6.07 Å². The van der Waals surface area contributed by atoms with Crippen LogP contribution < -0.4 is 9.46 Å². The van der Waals surface area contributed by atoms with Gasteiger partial charge in [0.15, 0.2) is 5.75 Å². The van der Waals surface area contributed by atoms with E-state index in [2.05, 4.69) is 19.3 Å². The summed E-state index contributed by atoms with van der Waals surface area (Å²) in [5.41, 5.74) is 0.417. The number of benzene rings is 3. The third-order valence-corrected chi connectivity index (χ3v) is 8.92. The van der Waals surface area contributed by atoms with Crippen molar-refractivity contribution in [3.8, 4) is 5.75 Å². The van der Waals surface area contributed by atoms with E-state index in [9.17, 15) is 26.4 Å². The number of halogens is 5. The summed E-state index contributed by atoms with van der Waals surface area (Å²) in [6.45, 7) is 2.14. The molecule has 5 rings (SSSR count). The van der Waals surface area contributed by atoms with Gasteiger partial charge in [0, 0.05) is 49.9 Å². The molecular weight excluding hydrogens is 616 g/mol. The van der Waals surface area contributed by atoms with Gasteiger partial charge in [-0.05, 0) is 42.0 Å². The minimum Gasteiger partial charge on any atom is -0.404 e. The molecule has 0 spiro atoms. The lowest BCUT2D eigenvalue weighted by Gasteiger charge is -2.35. The van der Waals surface area contributed by atoms with Gasteiger partial charge in [-0.2, -0.15) is 0 Å². The van der Waals surface area contributed by atoms with Gasteiger partial charge in [-0.15, -0.1) is 13.2 Å². The first-order valence-electron chi connectivity index (χ1n) is 12.6. The number of pyridine rings is 1. The van der Waals surface area contributed by atoms with E-state index in [0.29, 0.717) is 48.2 Å². The Balaban J connectivity index is 1.34. The summed E-state index contributed by atoms with van der Waals surface area (Å²) in [4.78, 5) is 20.7. The fraction of sp³-hybridized carbons (Fsp3) is 0.214. The second kappa shape index (κ2) is 12.0. The number of anilines is 1. The summed E-state index contributed by atoms with van der Waals surface area (Å²) >= 11 is 12.4.